The third-order valence-corrected chi connectivity index (χ3v) is 6.78. The first kappa shape index (κ1) is 19.9. The highest BCUT2D eigenvalue weighted by molar-refractivity contribution is 7.90. The van der Waals surface area contributed by atoms with Crippen molar-refractivity contribution in [2.24, 2.45) is 0 Å². The van der Waals surface area contributed by atoms with Gasteiger partial charge >= 0.3 is 0 Å². The summed E-state index contributed by atoms with van der Waals surface area (Å²) >= 11 is 0. The second kappa shape index (κ2) is 7.80. The summed E-state index contributed by atoms with van der Waals surface area (Å²) in [5, 5.41) is 3.16. The lowest BCUT2D eigenvalue weighted by molar-refractivity contribution is -0.122. The molecule has 2 aromatic rings. The monoisotopic (exact) mass is 415 g/mol. The zero-order valence-electron chi connectivity index (χ0n) is 16.4. The van der Waals surface area contributed by atoms with Crippen LogP contribution in [-0.2, 0) is 25.8 Å². The van der Waals surface area contributed by atoms with Gasteiger partial charge in [0.25, 0.3) is 0 Å². The number of ether oxygens (including phenoxy) is 2. The molecule has 0 aliphatic carbocycles. The average molecular weight is 416 g/mol. The molecule has 2 aromatic carbocycles. The molecule has 1 fully saturated rings. The minimum absolute atomic E-state index is 0.0963. The van der Waals surface area contributed by atoms with Crippen molar-refractivity contribution in [3.05, 3.63) is 59.7 Å². The van der Waals surface area contributed by atoms with Crippen molar-refractivity contribution in [1.82, 2.24) is 5.32 Å². The van der Waals surface area contributed by atoms with Crippen LogP contribution in [-0.4, -0.2) is 39.4 Å². The van der Waals surface area contributed by atoms with Crippen molar-refractivity contribution in [3.63, 3.8) is 0 Å². The standard InChI is InChI=1S/C22H25NO5S/c1-29(25,26)17-8-6-16(7-9-17)14-21(24)23-19-15-22(10-12-27-13-11-22)28-20-5-3-2-4-18(19)20/h2-9,19H,10-15H2,1H3,(H,23,24)/t19-/m0/s1. The van der Waals surface area contributed by atoms with Crippen LogP contribution >= 0.6 is 0 Å². The van der Waals surface area contributed by atoms with E-state index in [4.69, 9.17) is 9.47 Å². The molecule has 6 nitrogen and oxygen atoms in total. The van der Waals surface area contributed by atoms with E-state index in [9.17, 15) is 13.2 Å². The minimum atomic E-state index is -3.24. The van der Waals surface area contributed by atoms with Crippen molar-refractivity contribution in [2.45, 2.75) is 42.2 Å². The van der Waals surface area contributed by atoms with E-state index in [2.05, 4.69) is 5.32 Å². The van der Waals surface area contributed by atoms with Crippen LogP contribution < -0.4 is 10.1 Å². The number of rotatable bonds is 4. The molecule has 2 aliphatic rings. The van der Waals surface area contributed by atoms with Crippen LogP contribution in [0.2, 0.25) is 0 Å². The zero-order chi connectivity index (χ0) is 20.5. The van der Waals surface area contributed by atoms with Crippen LogP contribution in [0.1, 0.15) is 36.4 Å². The molecule has 0 radical (unpaired) electrons. The van der Waals surface area contributed by atoms with E-state index in [0.29, 0.717) is 19.6 Å². The predicted molar refractivity (Wildman–Crippen MR) is 109 cm³/mol. The topological polar surface area (TPSA) is 81.7 Å². The fourth-order valence-corrected chi connectivity index (χ4v) is 4.71. The van der Waals surface area contributed by atoms with Crippen LogP contribution in [0.5, 0.6) is 5.75 Å². The number of amides is 1. The predicted octanol–water partition coefficient (Wildman–Crippen LogP) is 2.82. The molecule has 7 heteroatoms. The molecule has 1 amide bonds. The Bertz CT molecular complexity index is 994. The maximum absolute atomic E-state index is 12.7. The summed E-state index contributed by atoms with van der Waals surface area (Å²) < 4.78 is 35.0. The third-order valence-electron chi connectivity index (χ3n) is 5.65. The molecule has 1 saturated heterocycles. The number of hydrogen-bond acceptors (Lipinski definition) is 5. The van der Waals surface area contributed by atoms with Gasteiger partial charge in [-0.15, -0.1) is 0 Å². The smallest absolute Gasteiger partial charge is 0.224 e. The second-order valence-electron chi connectivity index (χ2n) is 7.85. The molecule has 1 N–H and O–H groups in total. The number of para-hydroxylation sites is 1. The van der Waals surface area contributed by atoms with Crippen molar-refractivity contribution in [2.75, 3.05) is 19.5 Å². The maximum Gasteiger partial charge on any atom is 0.224 e. The molecule has 1 atom stereocenters. The van der Waals surface area contributed by atoms with Crippen molar-refractivity contribution in [3.8, 4) is 5.75 Å². The van der Waals surface area contributed by atoms with Gasteiger partial charge < -0.3 is 14.8 Å². The first-order valence-electron chi connectivity index (χ1n) is 9.79. The van der Waals surface area contributed by atoms with Gasteiger partial charge in [0.15, 0.2) is 9.84 Å². The molecule has 2 heterocycles. The maximum atomic E-state index is 12.7. The number of fused-ring (bicyclic) bond motifs is 1. The molecule has 154 valence electrons. The molecule has 1 spiro atoms. The number of hydrogen-bond donors (Lipinski definition) is 1. The van der Waals surface area contributed by atoms with Gasteiger partial charge in [-0.3, -0.25) is 4.79 Å². The highest BCUT2D eigenvalue weighted by Gasteiger charge is 2.42. The highest BCUT2D eigenvalue weighted by Crippen LogP contribution is 2.43. The Morgan fingerprint density at radius 1 is 1.10 bits per heavy atom. The quantitative estimate of drug-likeness (QED) is 0.830. The summed E-state index contributed by atoms with van der Waals surface area (Å²) in [4.78, 5) is 13.0. The van der Waals surface area contributed by atoms with E-state index in [0.717, 1.165) is 29.7 Å². The van der Waals surface area contributed by atoms with Gasteiger partial charge in [0.1, 0.15) is 11.4 Å². The van der Waals surface area contributed by atoms with E-state index in [-0.39, 0.29) is 28.9 Å². The van der Waals surface area contributed by atoms with Crippen LogP contribution in [0.3, 0.4) is 0 Å². The Balaban J connectivity index is 1.49. The second-order valence-corrected chi connectivity index (χ2v) is 9.87. The van der Waals surface area contributed by atoms with Gasteiger partial charge in [0.05, 0.1) is 30.6 Å². The summed E-state index contributed by atoms with van der Waals surface area (Å²) in [5.74, 6) is 0.726. The lowest BCUT2D eigenvalue weighted by atomic mass is 9.82. The Hall–Kier alpha value is -2.38. The molecular formula is C22H25NO5S. The van der Waals surface area contributed by atoms with E-state index < -0.39 is 9.84 Å². The summed E-state index contributed by atoms with van der Waals surface area (Å²) in [6.45, 7) is 1.32. The lowest BCUT2D eigenvalue weighted by Gasteiger charge is -2.44. The summed E-state index contributed by atoms with van der Waals surface area (Å²) in [7, 11) is -3.24. The Labute approximate surface area is 171 Å². The number of benzene rings is 2. The van der Waals surface area contributed by atoms with Gasteiger partial charge in [0, 0.05) is 31.1 Å². The van der Waals surface area contributed by atoms with Crippen LogP contribution in [0.25, 0.3) is 0 Å². The first-order valence-corrected chi connectivity index (χ1v) is 11.7. The molecule has 0 aromatic heterocycles. The fourth-order valence-electron chi connectivity index (χ4n) is 4.08. The largest absolute Gasteiger partial charge is 0.487 e. The van der Waals surface area contributed by atoms with Crippen LogP contribution in [0.4, 0.5) is 0 Å². The van der Waals surface area contributed by atoms with E-state index in [1.54, 1.807) is 24.3 Å². The number of carbonyl (C=O) groups is 1. The molecular weight excluding hydrogens is 390 g/mol. The summed E-state index contributed by atoms with van der Waals surface area (Å²) in [6, 6.07) is 14.2. The lowest BCUT2D eigenvalue weighted by Crippen LogP contribution is -2.48. The van der Waals surface area contributed by atoms with E-state index in [1.165, 1.54) is 6.26 Å². The molecule has 0 unspecified atom stereocenters. The molecule has 4 rings (SSSR count). The van der Waals surface area contributed by atoms with Gasteiger partial charge in [-0.25, -0.2) is 8.42 Å². The summed E-state index contributed by atoms with van der Waals surface area (Å²) in [5.41, 5.74) is 1.46. The van der Waals surface area contributed by atoms with E-state index in [1.807, 2.05) is 24.3 Å². The van der Waals surface area contributed by atoms with Gasteiger partial charge in [0.2, 0.25) is 5.91 Å². The minimum Gasteiger partial charge on any atom is -0.487 e. The van der Waals surface area contributed by atoms with Crippen molar-refractivity contribution < 1.29 is 22.7 Å². The number of sulfone groups is 1. The molecule has 29 heavy (non-hydrogen) atoms. The SMILES string of the molecule is CS(=O)(=O)c1ccc(CC(=O)N[C@H]2CC3(CCOCC3)Oc3ccccc32)cc1. The highest BCUT2D eigenvalue weighted by atomic mass is 32.2. The number of carbonyl (C=O) groups excluding carboxylic acids is 1. The molecule has 2 aliphatic heterocycles. The average Bonchev–Trinajstić information content (AvgIpc) is 2.68. The Morgan fingerprint density at radius 2 is 1.79 bits per heavy atom. The van der Waals surface area contributed by atoms with Crippen molar-refractivity contribution >= 4 is 15.7 Å². The third kappa shape index (κ3) is 4.46. The molecule has 0 saturated carbocycles. The Kier molecular flexibility index (Phi) is 5.36. The normalized spacial score (nSPS) is 20.5. The van der Waals surface area contributed by atoms with Crippen molar-refractivity contribution in [1.29, 1.82) is 0 Å². The summed E-state index contributed by atoms with van der Waals surface area (Å²) in [6.07, 6.45) is 3.69. The van der Waals surface area contributed by atoms with Crippen LogP contribution in [0, 0.1) is 0 Å². The zero-order valence-corrected chi connectivity index (χ0v) is 17.2. The first-order chi connectivity index (χ1) is 13.8. The number of nitrogens with one attached hydrogen (secondary N) is 1. The Morgan fingerprint density at radius 3 is 2.48 bits per heavy atom. The molecule has 0 bridgehead atoms. The fraction of sp³-hybridized carbons (Fsp3) is 0.409. The van der Waals surface area contributed by atoms with Crippen LogP contribution in [0.15, 0.2) is 53.4 Å². The van der Waals surface area contributed by atoms with Gasteiger partial charge in [-0.05, 0) is 23.8 Å². The van der Waals surface area contributed by atoms with Gasteiger partial charge in [-0.1, -0.05) is 30.3 Å². The van der Waals surface area contributed by atoms with Gasteiger partial charge in [-0.2, -0.15) is 0 Å². The van der Waals surface area contributed by atoms with E-state index >= 15 is 0 Å².